The van der Waals surface area contributed by atoms with Crippen LogP contribution in [0.15, 0.2) is 47.5 Å². The lowest BCUT2D eigenvalue weighted by Gasteiger charge is -2.05. The first-order chi connectivity index (χ1) is 10.2. The SMILES string of the molecule is O=C(NCCc1ncc[nH]1)c1cc2ccccc2c(=O)[nH]1. The van der Waals surface area contributed by atoms with Crippen LogP contribution in [0.5, 0.6) is 0 Å². The first-order valence-electron chi connectivity index (χ1n) is 6.62. The van der Waals surface area contributed by atoms with Crippen LogP contribution in [-0.2, 0) is 6.42 Å². The molecule has 0 aliphatic heterocycles. The van der Waals surface area contributed by atoms with Crippen LogP contribution in [0.4, 0.5) is 0 Å². The molecule has 0 fully saturated rings. The maximum Gasteiger partial charge on any atom is 0.267 e. The molecule has 21 heavy (non-hydrogen) atoms. The molecule has 2 heterocycles. The molecule has 3 N–H and O–H groups in total. The summed E-state index contributed by atoms with van der Waals surface area (Å²) < 4.78 is 0. The number of amides is 1. The molecule has 0 radical (unpaired) electrons. The van der Waals surface area contributed by atoms with Gasteiger partial charge in [0.05, 0.1) is 0 Å². The minimum absolute atomic E-state index is 0.260. The molecule has 0 atom stereocenters. The maximum absolute atomic E-state index is 12.1. The molecule has 0 aliphatic carbocycles. The number of nitrogens with one attached hydrogen (secondary N) is 3. The fraction of sp³-hybridized carbons (Fsp3) is 0.133. The second-order valence-electron chi connectivity index (χ2n) is 4.64. The highest BCUT2D eigenvalue weighted by Gasteiger charge is 2.09. The van der Waals surface area contributed by atoms with Gasteiger partial charge >= 0.3 is 0 Å². The third kappa shape index (κ3) is 2.84. The zero-order valence-corrected chi connectivity index (χ0v) is 11.2. The van der Waals surface area contributed by atoms with Crippen molar-refractivity contribution in [1.29, 1.82) is 0 Å². The van der Waals surface area contributed by atoms with Gasteiger partial charge in [0.2, 0.25) is 0 Å². The summed E-state index contributed by atoms with van der Waals surface area (Å²) in [5, 5.41) is 4.08. The van der Waals surface area contributed by atoms with E-state index in [9.17, 15) is 9.59 Å². The Bertz CT molecular complexity index is 821. The largest absolute Gasteiger partial charge is 0.350 e. The van der Waals surface area contributed by atoms with E-state index in [-0.39, 0.29) is 17.2 Å². The molecule has 6 heteroatoms. The van der Waals surface area contributed by atoms with Gasteiger partial charge in [0.1, 0.15) is 11.5 Å². The fourth-order valence-corrected chi connectivity index (χ4v) is 2.16. The molecule has 0 saturated carbocycles. The molecule has 106 valence electrons. The van der Waals surface area contributed by atoms with Gasteiger partial charge in [-0.3, -0.25) is 9.59 Å². The van der Waals surface area contributed by atoms with E-state index in [4.69, 9.17) is 0 Å². The average molecular weight is 282 g/mol. The number of imidazole rings is 1. The van der Waals surface area contributed by atoms with Crippen molar-refractivity contribution in [1.82, 2.24) is 20.3 Å². The van der Waals surface area contributed by atoms with Gasteiger partial charge in [-0.05, 0) is 17.5 Å². The number of hydrogen-bond donors (Lipinski definition) is 3. The van der Waals surface area contributed by atoms with Gasteiger partial charge in [-0.1, -0.05) is 18.2 Å². The number of aromatic nitrogens is 3. The molecule has 0 unspecified atom stereocenters. The molecule has 0 aliphatic rings. The Kier molecular flexibility index (Phi) is 3.51. The molecule has 0 saturated heterocycles. The lowest BCUT2D eigenvalue weighted by molar-refractivity contribution is 0.0949. The maximum atomic E-state index is 12.1. The summed E-state index contributed by atoms with van der Waals surface area (Å²) >= 11 is 0. The quantitative estimate of drug-likeness (QED) is 0.672. The van der Waals surface area contributed by atoms with E-state index in [0.717, 1.165) is 11.2 Å². The minimum Gasteiger partial charge on any atom is -0.350 e. The number of fused-ring (bicyclic) bond motifs is 1. The van der Waals surface area contributed by atoms with Crippen molar-refractivity contribution in [3.63, 3.8) is 0 Å². The number of benzene rings is 1. The Labute approximate surface area is 120 Å². The van der Waals surface area contributed by atoms with Crippen molar-refractivity contribution in [3.05, 3.63) is 64.6 Å². The summed E-state index contributed by atoms with van der Waals surface area (Å²) in [6.45, 7) is 0.446. The highest BCUT2D eigenvalue weighted by molar-refractivity contribution is 5.96. The molecular weight excluding hydrogens is 268 g/mol. The second-order valence-corrected chi connectivity index (χ2v) is 4.64. The summed E-state index contributed by atoms with van der Waals surface area (Å²) in [5.41, 5.74) is 0.00225. The van der Waals surface area contributed by atoms with Crippen LogP contribution >= 0.6 is 0 Å². The summed E-state index contributed by atoms with van der Waals surface area (Å²) in [4.78, 5) is 33.6. The second kappa shape index (κ2) is 5.62. The van der Waals surface area contributed by atoms with E-state index in [1.807, 2.05) is 12.1 Å². The third-order valence-corrected chi connectivity index (χ3v) is 3.20. The third-order valence-electron chi connectivity index (χ3n) is 3.20. The van der Waals surface area contributed by atoms with Crippen LogP contribution in [0.1, 0.15) is 16.3 Å². The fourth-order valence-electron chi connectivity index (χ4n) is 2.16. The van der Waals surface area contributed by atoms with Gasteiger partial charge < -0.3 is 15.3 Å². The van der Waals surface area contributed by atoms with Gasteiger partial charge in [0, 0.05) is 30.7 Å². The van der Waals surface area contributed by atoms with Gasteiger partial charge in [0.25, 0.3) is 11.5 Å². The smallest absolute Gasteiger partial charge is 0.267 e. The predicted molar refractivity (Wildman–Crippen MR) is 79.2 cm³/mol. The van der Waals surface area contributed by atoms with Crippen LogP contribution in [0.2, 0.25) is 0 Å². The first kappa shape index (κ1) is 13.1. The molecular formula is C15H14N4O2. The van der Waals surface area contributed by atoms with Crippen LogP contribution in [0.3, 0.4) is 0 Å². The number of carbonyl (C=O) groups excluding carboxylic acids is 1. The zero-order valence-electron chi connectivity index (χ0n) is 11.2. The normalized spacial score (nSPS) is 10.7. The Morgan fingerprint density at radius 3 is 2.95 bits per heavy atom. The Morgan fingerprint density at radius 2 is 2.14 bits per heavy atom. The Balaban J connectivity index is 1.74. The van der Waals surface area contributed by atoms with Crippen molar-refractivity contribution in [3.8, 4) is 0 Å². The van der Waals surface area contributed by atoms with Gasteiger partial charge in [-0.15, -0.1) is 0 Å². The zero-order chi connectivity index (χ0) is 14.7. The van der Waals surface area contributed by atoms with Crippen LogP contribution < -0.4 is 10.9 Å². The number of pyridine rings is 1. The van der Waals surface area contributed by atoms with Crippen LogP contribution in [0, 0.1) is 0 Å². The van der Waals surface area contributed by atoms with E-state index in [0.29, 0.717) is 18.4 Å². The van der Waals surface area contributed by atoms with E-state index < -0.39 is 0 Å². The molecule has 3 rings (SSSR count). The Morgan fingerprint density at radius 1 is 1.29 bits per heavy atom. The van der Waals surface area contributed by atoms with Gasteiger partial charge in [0.15, 0.2) is 0 Å². The number of aromatic amines is 2. The molecule has 2 aromatic heterocycles. The predicted octanol–water partition coefficient (Wildman–Crippen LogP) is 1.22. The molecule has 0 spiro atoms. The summed E-state index contributed by atoms with van der Waals surface area (Å²) in [5.74, 6) is 0.506. The van der Waals surface area contributed by atoms with Crippen molar-refractivity contribution in [2.24, 2.45) is 0 Å². The molecule has 1 amide bonds. The standard InChI is InChI=1S/C15H14N4O2/c20-14-11-4-2-1-3-10(11)9-12(19-14)15(21)18-6-5-13-16-7-8-17-13/h1-4,7-9H,5-6H2,(H,16,17)(H,18,21)(H,19,20). The Hall–Kier alpha value is -2.89. The number of hydrogen-bond acceptors (Lipinski definition) is 3. The monoisotopic (exact) mass is 282 g/mol. The van der Waals surface area contributed by atoms with E-state index >= 15 is 0 Å². The van der Waals surface area contributed by atoms with Crippen molar-refractivity contribution >= 4 is 16.7 Å². The van der Waals surface area contributed by atoms with Crippen molar-refractivity contribution in [2.75, 3.05) is 6.54 Å². The average Bonchev–Trinajstić information content (AvgIpc) is 3.00. The van der Waals surface area contributed by atoms with Crippen LogP contribution in [0.25, 0.3) is 10.8 Å². The topological polar surface area (TPSA) is 90.6 Å². The van der Waals surface area contributed by atoms with Gasteiger partial charge in [-0.2, -0.15) is 0 Å². The molecule has 3 aromatic rings. The van der Waals surface area contributed by atoms with E-state index in [1.165, 1.54) is 0 Å². The lowest BCUT2D eigenvalue weighted by Crippen LogP contribution is -2.28. The number of carbonyl (C=O) groups is 1. The highest BCUT2D eigenvalue weighted by atomic mass is 16.2. The summed E-state index contributed by atoms with van der Waals surface area (Å²) in [7, 11) is 0. The first-order valence-corrected chi connectivity index (χ1v) is 6.62. The van der Waals surface area contributed by atoms with Crippen molar-refractivity contribution < 1.29 is 4.79 Å². The van der Waals surface area contributed by atoms with E-state index in [2.05, 4.69) is 20.3 Å². The van der Waals surface area contributed by atoms with Gasteiger partial charge in [-0.25, -0.2) is 4.98 Å². The molecule has 6 nitrogen and oxygen atoms in total. The summed E-state index contributed by atoms with van der Waals surface area (Å²) in [6, 6.07) is 8.84. The highest BCUT2D eigenvalue weighted by Crippen LogP contribution is 2.09. The lowest BCUT2D eigenvalue weighted by atomic mass is 10.1. The van der Waals surface area contributed by atoms with E-state index in [1.54, 1.807) is 30.6 Å². The number of nitrogens with zero attached hydrogens (tertiary/aromatic N) is 1. The number of rotatable bonds is 4. The molecule has 0 bridgehead atoms. The van der Waals surface area contributed by atoms with Crippen LogP contribution in [-0.4, -0.2) is 27.4 Å². The number of H-pyrrole nitrogens is 2. The molecule has 1 aromatic carbocycles. The minimum atomic E-state index is -0.301. The van der Waals surface area contributed by atoms with Crippen molar-refractivity contribution in [2.45, 2.75) is 6.42 Å². The summed E-state index contributed by atoms with van der Waals surface area (Å²) in [6.07, 6.45) is 4.01.